The molecule has 0 aliphatic carbocycles. The number of nitriles is 1. The molecule has 0 spiro atoms. The van der Waals surface area contributed by atoms with Gasteiger partial charge in [0.15, 0.2) is 0 Å². The summed E-state index contributed by atoms with van der Waals surface area (Å²) in [6, 6.07) is 9.96. The third kappa shape index (κ3) is 5.47. The lowest BCUT2D eigenvalue weighted by Crippen LogP contribution is -2.35. The summed E-state index contributed by atoms with van der Waals surface area (Å²) >= 11 is 0. The molecule has 0 fully saturated rings. The Hall–Kier alpha value is -2.02. The first-order valence-electron chi connectivity index (χ1n) is 7.50. The highest BCUT2D eigenvalue weighted by Crippen LogP contribution is 2.14. The van der Waals surface area contributed by atoms with E-state index in [-0.39, 0.29) is 5.91 Å². The number of amides is 1. The molecular weight excluding hydrogens is 264 g/mol. The molecule has 1 rings (SSSR count). The Morgan fingerprint density at radius 2 is 1.90 bits per heavy atom. The van der Waals surface area contributed by atoms with Gasteiger partial charge in [0.05, 0.1) is 12.7 Å². The molecule has 0 aliphatic heterocycles. The van der Waals surface area contributed by atoms with Gasteiger partial charge in [-0.1, -0.05) is 17.7 Å². The number of hydrogen-bond acceptors (Lipinski definition) is 3. The molecule has 1 unspecified atom stereocenters. The summed E-state index contributed by atoms with van der Waals surface area (Å²) in [7, 11) is 0. The Morgan fingerprint density at radius 1 is 1.29 bits per heavy atom. The fraction of sp³-hybridized carbons (Fsp3) is 0.529. The fourth-order valence-corrected chi connectivity index (χ4v) is 2.11. The average molecular weight is 288 g/mol. The van der Waals surface area contributed by atoms with Crippen molar-refractivity contribution in [1.82, 2.24) is 4.90 Å². The summed E-state index contributed by atoms with van der Waals surface area (Å²) in [6.45, 7) is 7.69. The zero-order valence-electron chi connectivity index (χ0n) is 13.1. The van der Waals surface area contributed by atoms with E-state index in [0.29, 0.717) is 32.5 Å². The van der Waals surface area contributed by atoms with E-state index in [0.717, 1.165) is 5.75 Å². The minimum Gasteiger partial charge on any atom is -0.494 e. The van der Waals surface area contributed by atoms with Crippen molar-refractivity contribution in [3.05, 3.63) is 29.8 Å². The van der Waals surface area contributed by atoms with Gasteiger partial charge in [-0.3, -0.25) is 4.79 Å². The lowest BCUT2D eigenvalue weighted by molar-refractivity contribution is -0.133. The highest BCUT2D eigenvalue weighted by atomic mass is 16.5. The van der Waals surface area contributed by atoms with Crippen LogP contribution in [0.5, 0.6) is 5.75 Å². The van der Waals surface area contributed by atoms with Crippen LogP contribution in [0.25, 0.3) is 0 Å². The molecule has 1 aromatic carbocycles. The molecule has 0 heterocycles. The van der Waals surface area contributed by atoms with Crippen molar-refractivity contribution < 1.29 is 9.53 Å². The second-order valence-corrected chi connectivity index (χ2v) is 5.00. The van der Waals surface area contributed by atoms with Crippen molar-refractivity contribution in [2.24, 2.45) is 5.92 Å². The number of nitrogens with zero attached hydrogens (tertiary/aromatic N) is 2. The summed E-state index contributed by atoms with van der Waals surface area (Å²) in [6.07, 6.45) is 1.23. The minimum atomic E-state index is -0.563. The monoisotopic (exact) mass is 288 g/mol. The quantitative estimate of drug-likeness (QED) is 0.690. The molecule has 0 saturated heterocycles. The molecular formula is C17H24N2O2. The van der Waals surface area contributed by atoms with Crippen LogP contribution >= 0.6 is 0 Å². The predicted molar refractivity (Wildman–Crippen MR) is 82.9 cm³/mol. The lowest BCUT2D eigenvalue weighted by Gasteiger charge is -2.21. The normalized spacial score (nSPS) is 11.5. The maximum absolute atomic E-state index is 12.1. The van der Waals surface area contributed by atoms with Crippen LogP contribution in [-0.4, -0.2) is 30.5 Å². The van der Waals surface area contributed by atoms with Gasteiger partial charge >= 0.3 is 0 Å². The van der Waals surface area contributed by atoms with Crippen LogP contribution < -0.4 is 4.74 Å². The fourth-order valence-electron chi connectivity index (χ4n) is 2.11. The number of aryl methyl sites for hydroxylation is 1. The van der Waals surface area contributed by atoms with Crippen molar-refractivity contribution in [3.8, 4) is 11.8 Å². The van der Waals surface area contributed by atoms with Gasteiger partial charge < -0.3 is 9.64 Å². The van der Waals surface area contributed by atoms with Gasteiger partial charge in [-0.15, -0.1) is 0 Å². The van der Waals surface area contributed by atoms with Gasteiger partial charge in [0.1, 0.15) is 11.7 Å². The molecule has 0 N–H and O–H groups in total. The molecule has 0 radical (unpaired) electrons. The van der Waals surface area contributed by atoms with Crippen molar-refractivity contribution in [1.29, 1.82) is 5.26 Å². The van der Waals surface area contributed by atoms with Gasteiger partial charge in [-0.25, -0.2) is 0 Å². The van der Waals surface area contributed by atoms with E-state index in [4.69, 9.17) is 10.00 Å². The van der Waals surface area contributed by atoms with Gasteiger partial charge in [0.2, 0.25) is 5.91 Å². The van der Waals surface area contributed by atoms with Crippen molar-refractivity contribution in [2.75, 3.05) is 19.7 Å². The average Bonchev–Trinajstić information content (AvgIpc) is 2.50. The van der Waals surface area contributed by atoms with Gasteiger partial charge in [-0.2, -0.15) is 5.26 Å². The van der Waals surface area contributed by atoms with E-state index in [2.05, 4.69) is 6.07 Å². The van der Waals surface area contributed by atoms with Crippen LogP contribution in [0.15, 0.2) is 24.3 Å². The van der Waals surface area contributed by atoms with Crippen LogP contribution in [0.2, 0.25) is 0 Å². The third-order valence-electron chi connectivity index (χ3n) is 3.46. The standard InChI is InChI=1S/C17H24N2O2/c1-4-19(5-2)17(20)15(13-18)7-6-12-21-16-10-8-14(3)9-11-16/h8-11,15H,4-7,12H2,1-3H3. The van der Waals surface area contributed by atoms with Crippen molar-refractivity contribution >= 4 is 5.91 Å². The van der Waals surface area contributed by atoms with E-state index in [1.54, 1.807) is 4.90 Å². The molecule has 0 bridgehead atoms. The van der Waals surface area contributed by atoms with Gasteiger partial charge in [0, 0.05) is 13.1 Å². The van der Waals surface area contributed by atoms with Crippen LogP contribution in [-0.2, 0) is 4.79 Å². The first kappa shape index (κ1) is 17.0. The maximum Gasteiger partial charge on any atom is 0.239 e. The number of carbonyl (C=O) groups excluding carboxylic acids is 1. The Kier molecular flexibility index (Phi) is 7.31. The van der Waals surface area contributed by atoms with Crippen molar-refractivity contribution in [2.45, 2.75) is 33.6 Å². The summed E-state index contributed by atoms with van der Waals surface area (Å²) < 4.78 is 5.61. The molecule has 0 aromatic heterocycles. The summed E-state index contributed by atoms with van der Waals surface area (Å²) in [5.74, 6) is 0.188. The molecule has 1 amide bonds. The number of hydrogen-bond donors (Lipinski definition) is 0. The summed E-state index contributed by atoms with van der Waals surface area (Å²) in [5, 5.41) is 9.14. The van der Waals surface area contributed by atoms with E-state index in [1.165, 1.54) is 5.56 Å². The van der Waals surface area contributed by atoms with Gasteiger partial charge in [-0.05, 0) is 45.7 Å². The van der Waals surface area contributed by atoms with Crippen LogP contribution in [0.1, 0.15) is 32.3 Å². The van der Waals surface area contributed by atoms with Crippen molar-refractivity contribution in [3.63, 3.8) is 0 Å². The number of carbonyl (C=O) groups is 1. The Morgan fingerprint density at radius 3 is 2.43 bits per heavy atom. The molecule has 1 aromatic rings. The van der Waals surface area contributed by atoms with Gasteiger partial charge in [0.25, 0.3) is 0 Å². The largest absolute Gasteiger partial charge is 0.494 e. The molecule has 21 heavy (non-hydrogen) atoms. The van der Waals surface area contributed by atoms with E-state index >= 15 is 0 Å². The Bertz CT molecular complexity index is 473. The molecule has 0 saturated carbocycles. The maximum atomic E-state index is 12.1. The van der Waals surface area contributed by atoms with E-state index in [9.17, 15) is 4.79 Å². The summed E-state index contributed by atoms with van der Waals surface area (Å²) in [4.78, 5) is 13.8. The second-order valence-electron chi connectivity index (χ2n) is 5.00. The Balaban J connectivity index is 2.37. The van der Waals surface area contributed by atoms with Crippen LogP contribution in [0, 0.1) is 24.2 Å². The van der Waals surface area contributed by atoms with Crippen LogP contribution in [0.3, 0.4) is 0 Å². The molecule has 114 valence electrons. The second kappa shape index (κ2) is 9.02. The highest BCUT2D eigenvalue weighted by molar-refractivity contribution is 5.81. The van der Waals surface area contributed by atoms with E-state index in [1.807, 2.05) is 45.0 Å². The topological polar surface area (TPSA) is 53.3 Å². The predicted octanol–water partition coefficient (Wildman–Crippen LogP) is 3.16. The van der Waals surface area contributed by atoms with E-state index < -0.39 is 5.92 Å². The third-order valence-corrected chi connectivity index (χ3v) is 3.46. The number of rotatable bonds is 8. The SMILES string of the molecule is CCN(CC)C(=O)C(C#N)CCCOc1ccc(C)cc1. The first-order chi connectivity index (χ1) is 10.1. The zero-order valence-corrected chi connectivity index (χ0v) is 13.1. The minimum absolute atomic E-state index is 0.0714. The first-order valence-corrected chi connectivity index (χ1v) is 7.50. The summed E-state index contributed by atoms with van der Waals surface area (Å²) in [5.41, 5.74) is 1.19. The number of benzene rings is 1. The smallest absolute Gasteiger partial charge is 0.239 e. The van der Waals surface area contributed by atoms with Crippen LogP contribution in [0.4, 0.5) is 0 Å². The molecule has 4 nitrogen and oxygen atoms in total. The highest BCUT2D eigenvalue weighted by Gasteiger charge is 2.21. The molecule has 1 atom stereocenters. The zero-order chi connectivity index (χ0) is 15.7. The number of ether oxygens (including phenoxy) is 1. The molecule has 0 aliphatic rings. The lowest BCUT2D eigenvalue weighted by atomic mass is 10.0. The molecule has 4 heteroatoms. The Labute approximate surface area is 127 Å².